The predicted molar refractivity (Wildman–Crippen MR) is 93.3 cm³/mol. The Morgan fingerprint density at radius 3 is 2.31 bits per heavy atom. The largest absolute Gasteiger partial charge is 0.534 e. The molecular weight excluding hydrogens is 419 g/mol. The van der Waals surface area contributed by atoms with E-state index in [1.807, 2.05) is 0 Å². The first-order chi connectivity index (χ1) is 13.2. The fourth-order valence-corrected chi connectivity index (χ4v) is 3.17. The fraction of sp³-hybridized carbons (Fsp3) is 0.529. The van der Waals surface area contributed by atoms with Gasteiger partial charge in [-0.05, 0) is 32.4 Å². The smallest absolute Gasteiger partial charge is 0.467 e. The number of hydrogen-bond donors (Lipinski definition) is 0. The van der Waals surface area contributed by atoms with Gasteiger partial charge in [0.2, 0.25) is 0 Å². The van der Waals surface area contributed by atoms with E-state index in [4.69, 9.17) is 9.47 Å². The molecule has 2 rings (SSSR count). The molecule has 1 amide bonds. The monoisotopic (exact) mass is 439 g/mol. The number of carbonyl (C=O) groups excluding carboxylic acids is 2. The quantitative estimate of drug-likeness (QED) is 0.406. The number of halogens is 3. The molecule has 0 aromatic heterocycles. The highest BCUT2D eigenvalue weighted by Gasteiger charge is 2.49. The van der Waals surface area contributed by atoms with Crippen molar-refractivity contribution in [1.82, 2.24) is 4.90 Å². The summed E-state index contributed by atoms with van der Waals surface area (Å²) in [6.07, 6.45) is -1.03. The first kappa shape index (κ1) is 22.8. The van der Waals surface area contributed by atoms with Crippen LogP contribution < -0.4 is 4.18 Å². The molecule has 0 saturated heterocycles. The first-order valence-electron chi connectivity index (χ1n) is 8.35. The van der Waals surface area contributed by atoms with Gasteiger partial charge in [-0.1, -0.05) is 12.1 Å². The average Bonchev–Trinajstić information content (AvgIpc) is 2.57. The van der Waals surface area contributed by atoms with Gasteiger partial charge in [-0.25, -0.2) is 9.59 Å². The van der Waals surface area contributed by atoms with Gasteiger partial charge in [-0.3, -0.25) is 4.90 Å². The molecule has 1 aliphatic rings. The third-order valence-corrected chi connectivity index (χ3v) is 4.90. The van der Waals surface area contributed by atoms with Crippen LogP contribution in [0.2, 0.25) is 0 Å². The number of hydrogen-bond acceptors (Lipinski definition) is 7. The van der Waals surface area contributed by atoms with Crippen LogP contribution in [0.5, 0.6) is 5.75 Å². The molecule has 1 heterocycles. The molecule has 0 radical (unpaired) electrons. The van der Waals surface area contributed by atoms with Crippen molar-refractivity contribution in [2.45, 2.75) is 50.9 Å². The minimum Gasteiger partial charge on any atom is -0.467 e. The summed E-state index contributed by atoms with van der Waals surface area (Å²) in [5.41, 5.74) is -6.17. The summed E-state index contributed by atoms with van der Waals surface area (Å²) in [4.78, 5) is 25.7. The Balaban J connectivity index is 2.47. The number of fused-ring (bicyclic) bond motifs is 1. The van der Waals surface area contributed by atoms with E-state index < -0.39 is 51.6 Å². The minimum atomic E-state index is -5.91. The zero-order chi connectivity index (χ0) is 22.2. The highest BCUT2D eigenvalue weighted by molar-refractivity contribution is 7.88. The zero-order valence-electron chi connectivity index (χ0n) is 16.1. The maximum absolute atomic E-state index is 12.7. The van der Waals surface area contributed by atoms with Crippen LogP contribution in [-0.4, -0.2) is 49.6 Å². The molecule has 1 aliphatic heterocycles. The number of alkyl halides is 3. The van der Waals surface area contributed by atoms with Gasteiger partial charge < -0.3 is 13.7 Å². The zero-order valence-corrected chi connectivity index (χ0v) is 16.9. The van der Waals surface area contributed by atoms with Crippen LogP contribution in [0.3, 0.4) is 0 Å². The SMILES string of the molecule is COC(=O)C1Cc2cccc(OS(=O)(=O)C(F)(F)F)c2CN1C(=O)OC(C)(C)C. The minimum absolute atomic E-state index is 0.0198. The van der Waals surface area contributed by atoms with E-state index in [1.165, 1.54) is 12.1 Å². The summed E-state index contributed by atoms with van der Waals surface area (Å²) in [5, 5.41) is 0. The van der Waals surface area contributed by atoms with Gasteiger partial charge in [0.05, 0.1) is 13.7 Å². The van der Waals surface area contributed by atoms with Crippen molar-refractivity contribution >= 4 is 22.2 Å². The number of benzene rings is 1. The average molecular weight is 439 g/mol. The van der Waals surface area contributed by atoms with Gasteiger partial charge in [0.15, 0.2) is 0 Å². The number of carbonyl (C=O) groups is 2. The lowest BCUT2D eigenvalue weighted by molar-refractivity contribution is -0.147. The Bertz CT molecular complexity index is 907. The highest BCUT2D eigenvalue weighted by Crippen LogP contribution is 2.35. The molecule has 12 heteroatoms. The molecule has 1 aromatic rings. The predicted octanol–water partition coefficient (Wildman–Crippen LogP) is 2.75. The standard InChI is InChI=1S/C17H20F3NO7S/c1-16(2,3)27-15(23)21-9-11-10(8-12(21)14(22)26-4)6-5-7-13(11)28-29(24,25)17(18,19)20/h5-7,12H,8-9H2,1-4H3. The van der Waals surface area contributed by atoms with Crippen molar-refractivity contribution < 1.29 is 44.8 Å². The fourth-order valence-electron chi connectivity index (χ4n) is 2.68. The molecule has 1 aromatic carbocycles. The van der Waals surface area contributed by atoms with Crippen molar-refractivity contribution in [2.24, 2.45) is 0 Å². The molecule has 0 bridgehead atoms. The van der Waals surface area contributed by atoms with Crippen LogP contribution >= 0.6 is 0 Å². The molecule has 1 unspecified atom stereocenters. The van der Waals surface area contributed by atoms with Crippen molar-refractivity contribution in [3.8, 4) is 5.75 Å². The van der Waals surface area contributed by atoms with Gasteiger partial charge in [-0.15, -0.1) is 0 Å². The molecule has 0 aliphatic carbocycles. The molecule has 0 saturated carbocycles. The number of amides is 1. The van der Waals surface area contributed by atoms with E-state index in [2.05, 4.69) is 4.18 Å². The van der Waals surface area contributed by atoms with Crippen molar-refractivity contribution in [3.05, 3.63) is 29.3 Å². The van der Waals surface area contributed by atoms with Crippen LogP contribution in [0.1, 0.15) is 31.9 Å². The lowest BCUT2D eigenvalue weighted by Crippen LogP contribution is -2.50. The van der Waals surface area contributed by atoms with E-state index in [0.29, 0.717) is 5.56 Å². The Labute approximate surface area is 165 Å². The topological polar surface area (TPSA) is 99.2 Å². The molecular formula is C17H20F3NO7S. The van der Waals surface area contributed by atoms with E-state index in [-0.39, 0.29) is 12.0 Å². The number of ether oxygens (including phenoxy) is 2. The van der Waals surface area contributed by atoms with Crippen LogP contribution in [0.15, 0.2) is 18.2 Å². The molecule has 1 atom stereocenters. The Morgan fingerprint density at radius 2 is 1.79 bits per heavy atom. The Kier molecular flexibility index (Phi) is 6.07. The summed E-state index contributed by atoms with van der Waals surface area (Å²) in [5.74, 6) is -1.34. The van der Waals surface area contributed by atoms with Gasteiger partial charge in [0.25, 0.3) is 0 Å². The Morgan fingerprint density at radius 1 is 1.17 bits per heavy atom. The van der Waals surface area contributed by atoms with E-state index in [0.717, 1.165) is 18.1 Å². The van der Waals surface area contributed by atoms with Gasteiger partial charge in [-0.2, -0.15) is 21.6 Å². The maximum atomic E-state index is 12.7. The van der Waals surface area contributed by atoms with Crippen LogP contribution in [-0.2, 0) is 37.4 Å². The van der Waals surface area contributed by atoms with Crippen molar-refractivity contribution in [3.63, 3.8) is 0 Å². The van der Waals surface area contributed by atoms with E-state index in [9.17, 15) is 31.2 Å². The number of nitrogens with zero attached hydrogens (tertiary/aromatic N) is 1. The third kappa shape index (κ3) is 5.11. The van der Waals surface area contributed by atoms with Crippen molar-refractivity contribution in [1.29, 1.82) is 0 Å². The number of rotatable bonds is 3. The molecule has 162 valence electrons. The molecule has 0 spiro atoms. The lowest BCUT2D eigenvalue weighted by atomic mass is 9.93. The van der Waals surface area contributed by atoms with Crippen LogP contribution in [0.25, 0.3) is 0 Å². The number of esters is 1. The summed E-state index contributed by atoms with van der Waals surface area (Å²) in [6, 6.07) is 2.72. The normalized spacial score (nSPS) is 17.3. The third-order valence-electron chi connectivity index (χ3n) is 3.93. The summed E-state index contributed by atoms with van der Waals surface area (Å²) in [7, 11) is -4.79. The molecule has 29 heavy (non-hydrogen) atoms. The van der Waals surface area contributed by atoms with Gasteiger partial charge in [0, 0.05) is 12.0 Å². The Hall–Kier alpha value is -2.50. The van der Waals surface area contributed by atoms with Crippen molar-refractivity contribution in [2.75, 3.05) is 7.11 Å². The second-order valence-corrected chi connectivity index (χ2v) is 8.77. The molecule has 0 N–H and O–H groups in total. The summed E-state index contributed by atoms with van der Waals surface area (Å²) in [6.45, 7) is 4.38. The second kappa shape index (κ2) is 7.73. The van der Waals surface area contributed by atoms with Crippen LogP contribution in [0.4, 0.5) is 18.0 Å². The lowest BCUT2D eigenvalue weighted by Gasteiger charge is -2.36. The first-order valence-corrected chi connectivity index (χ1v) is 9.76. The molecule has 0 fully saturated rings. The van der Waals surface area contributed by atoms with Gasteiger partial charge in [0.1, 0.15) is 17.4 Å². The van der Waals surface area contributed by atoms with Crippen LogP contribution in [0, 0.1) is 0 Å². The van der Waals surface area contributed by atoms with Gasteiger partial charge >= 0.3 is 27.7 Å². The second-order valence-electron chi connectivity index (χ2n) is 7.23. The number of methoxy groups -OCH3 is 1. The van der Waals surface area contributed by atoms with E-state index in [1.54, 1.807) is 20.8 Å². The van der Waals surface area contributed by atoms with E-state index >= 15 is 0 Å². The summed E-state index contributed by atoms with van der Waals surface area (Å²) >= 11 is 0. The molecule has 8 nitrogen and oxygen atoms in total. The highest BCUT2D eigenvalue weighted by atomic mass is 32.2. The maximum Gasteiger partial charge on any atom is 0.534 e. The summed E-state index contributed by atoms with van der Waals surface area (Å²) < 4.78 is 75.1.